The fraction of sp³-hybridized carbons (Fsp3) is 0.500. The molecule has 5 heteroatoms. The van der Waals surface area contributed by atoms with Crippen LogP contribution in [0.25, 0.3) is 0 Å². The third kappa shape index (κ3) is 3.94. The molecule has 0 saturated carbocycles. The normalized spacial score (nSPS) is 12.3. The molecular weight excluding hydrogens is 246 g/mol. The molecule has 1 N–H and O–H groups in total. The van der Waals surface area contributed by atoms with Gasteiger partial charge in [-0.3, -0.25) is 0 Å². The lowest BCUT2D eigenvalue weighted by atomic mass is 10.1. The third-order valence-corrected chi connectivity index (χ3v) is 2.91. The van der Waals surface area contributed by atoms with Gasteiger partial charge >= 0.3 is 5.97 Å². The molecular formula is C14H21NO4. The molecule has 0 aliphatic heterocycles. The number of hydrogen-bond acceptors (Lipinski definition) is 5. The van der Waals surface area contributed by atoms with E-state index in [-0.39, 0.29) is 18.3 Å². The first-order valence-corrected chi connectivity index (χ1v) is 6.04. The van der Waals surface area contributed by atoms with Crippen LogP contribution in [0.3, 0.4) is 0 Å². The molecule has 1 unspecified atom stereocenters. The molecule has 0 saturated heterocycles. The highest BCUT2D eigenvalue weighted by molar-refractivity contribution is 5.90. The van der Waals surface area contributed by atoms with Crippen LogP contribution in [0.1, 0.15) is 22.8 Å². The number of nitrogens with one attached hydrogen (secondary N) is 1. The molecule has 19 heavy (non-hydrogen) atoms. The van der Waals surface area contributed by atoms with Crippen molar-refractivity contribution in [2.45, 2.75) is 26.2 Å². The third-order valence-electron chi connectivity index (χ3n) is 2.91. The van der Waals surface area contributed by atoms with E-state index in [2.05, 4.69) is 5.32 Å². The van der Waals surface area contributed by atoms with E-state index in [9.17, 15) is 4.79 Å². The van der Waals surface area contributed by atoms with Crippen molar-refractivity contribution in [2.24, 2.45) is 0 Å². The second kappa shape index (κ2) is 7.11. The van der Waals surface area contributed by atoms with Gasteiger partial charge in [0.1, 0.15) is 0 Å². The number of carbonyl (C=O) groups is 1. The minimum atomic E-state index is -0.360. The van der Waals surface area contributed by atoms with Crippen LogP contribution >= 0.6 is 0 Å². The van der Waals surface area contributed by atoms with Gasteiger partial charge in [0.05, 0.1) is 18.7 Å². The molecule has 0 heterocycles. The Morgan fingerprint density at radius 1 is 1.21 bits per heavy atom. The molecule has 0 aliphatic carbocycles. The second-order valence-electron chi connectivity index (χ2n) is 4.29. The molecule has 1 aromatic carbocycles. The molecule has 1 atom stereocenters. The molecule has 0 aliphatic rings. The van der Waals surface area contributed by atoms with Gasteiger partial charge in [0.2, 0.25) is 0 Å². The maximum atomic E-state index is 11.5. The molecule has 1 rings (SSSR count). The van der Waals surface area contributed by atoms with Crippen LogP contribution in [0.5, 0.6) is 0 Å². The standard InChI is InChI=1S/C14H21NO4/c1-9-6-7-11(13(16)17-3)8-12(9)15-10(2)14(18-4)19-5/h6-8,10,14-15H,1-5H3. The van der Waals surface area contributed by atoms with Crippen LogP contribution in [0, 0.1) is 6.92 Å². The zero-order valence-electron chi connectivity index (χ0n) is 12.0. The fourth-order valence-corrected chi connectivity index (χ4v) is 1.84. The number of anilines is 1. The number of hydrogen-bond donors (Lipinski definition) is 1. The Hall–Kier alpha value is -1.59. The molecule has 0 amide bonds. The van der Waals surface area contributed by atoms with Crippen molar-refractivity contribution in [3.8, 4) is 0 Å². The van der Waals surface area contributed by atoms with E-state index < -0.39 is 0 Å². The summed E-state index contributed by atoms with van der Waals surface area (Å²) in [7, 11) is 4.54. The lowest BCUT2D eigenvalue weighted by molar-refractivity contribution is -0.109. The predicted octanol–water partition coefficient (Wildman–Crippen LogP) is 2.20. The molecule has 5 nitrogen and oxygen atoms in total. The second-order valence-corrected chi connectivity index (χ2v) is 4.29. The first kappa shape index (κ1) is 15.5. The highest BCUT2D eigenvalue weighted by Crippen LogP contribution is 2.19. The van der Waals surface area contributed by atoms with Crippen LogP contribution < -0.4 is 5.32 Å². The van der Waals surface area contributed by atoms with Crippen molar-refractivity contribution >= 4 is 11.7 Å². The average Bonchev–Trinajstić information content (AvgIpc) is 2.41. The Kier molecular flexibility index (Phi) is 5.79. The maximum Gasteiger partial charge on any atom is 0.337 e. The molecule has 0 aromatic heterocycles. The molecule has 0 fully saturated rings. The Labute approximate surface area is 113 Å². The lowest BCUT2D eigenvalue weighted by Gasteiger charge is -2.24. The molecule has 0 spiro atoms. The van der Waals surface area contributed by atoms with Crippen LogP contribution in [0.4, 0.5) is 5.69 Å². The summed E-state index contributed by atoms with van der Waals surface area (Å²) in [5.74, 6) is -0.356. The Morgan fingerprint density at radius 2 is 1.84 bits per heavy atom. The molecule has 1 aromatic rings. The average molecular weight is 267 g/mol. The first-order valence-electron chi connectivity index (χ1n) is 6.04. The molecule has 0 radical (unpaired) electrons. The quantitative estimate of drug-likeness (QED) is 0.632. The number of benzene rings is 1. The van der Waals surface area contributed by atoms with Gasteiger partial charge in [-0.1, -0.05) is 6.07 Å². The van der Waals surface area contributed by atoms with Gasteiger partial charge in [0.15, 0.2) is 6.29 Å². The number of methoxy groups -OCH3 is 3. The smallest absolute Gasteiger partial charge is 0.337 e. The minimum absolute atomic E-state index is 0.0541. The summed E-state index contributed by atoms with van der Waals surface area (Å²) in [5, 5.41) is 3.27. The van der Waals surface area contributed by atoms with E-state index >= 15 is 0 Å². The van der Waals surface area contributed by atoms with Gasteiger partial charge in [-0.2, -0.15) is 0 Å². The summed E-state index contributed by atoms with van der Waals surface area (Å²) in [6, 6.07) is 5.32. The molecule has 0 bridgehead atoms. The van der Waals surface area contributed by atoms with Crippen molar-refractivity contribution < 1.29 is 19.0 Å². The zero-order valence-corrected chi connectivity index (χ0v) is 12.0. The highest BCUT2D eigenvalue weighted by atomic mass is 16.7. The Bertz CT molecular complexity index is 429. The lowest BCUT2D eigenvalue weighted by Crippen LogP contribution is -2.34. The SMILES string of the molecule is COC(=O)c1ccc(C)c(NC(C)C(OC)OC)c1. The van der Waals surface area contributed by atoms with Crippen molar-refractivity contribution in [1.82, 2.24) is 0 Å². The van der Waals surface area contributed by atoms with Crippen molar-refractivity contribution in [1.29, 1.82) is 0 Å². The highest BCUT2D eigenvalue weighted by Gasteiger charge is 2.17. The summed E-state index contributed by atoms with van der Waals surface area (Å²) in [4.78, 5) is 11.5. The van der Waals surface area contributed by atoms with Gasteiger partial charge in [0.25, 0.3) is 0 Å². The van der Waals surface area contributed by atoms with E-state index in [0.717, 1.165) is 11.3 Å². The number of rotatable bonds is 6. The predicted molar refractivity (Wildman–Crippen MR) is 73.4 cm³/mol. The zero-order chi connectivity index (χ0) is 14.4. The Balaban J connectivity index is 2.90. The van der Waals surface area contributed by atoms with E-state index in [1.54, 1.807) is 26.4 Å². The van der Waals surface area contributed by atoms with E-state index in [4.69, 9.17) is 14.2 Å². The fourth-order valence-electron chi connectivity index (χ4n) is 1.84. The summed E-state index contributed by atoms with van der Waals surface area (Å²) in [5.41, 5.74) is 2.40. The number of esters is 1. The summed E-state index contributed by atoms with van der Waals surface area (Å²) < 4.78 is 15.1. The number of ether oxygens (including phenoxy) is 3. The van der Waals surface area contributed by atoms with Crippen LogP contribution in [0.2, 0.25) is 0 Å². The van der Waals surface area contributed by atoms with E-state index in [0.29, 0.717) is 5.56 Å². The van der Waals surface area contributed by atoms with Crippen molar-refractivity contribution in [3.63, 3.8) is 0 Å². The summed E-state index contributed by atoms with van der Waals surface area (Å²) in [6.07, 6.45) is -0.360. The molecule has 106 valence electrons. The Morgan fingerprint density at radius 3 is 2.37 bits per heavy atom. The van der Waals surface area contributed by atoms with Crippen LogP contribution in [-0.2, 0) is 14.2 Å². The van der Waals surface area contributed by atoms with E-state index in [1.165, 1.54) is 7.11 Å². The van der Waals surface area contributed by atoms with Gasteiger partial charge < -0.3 is 19.5 Å². The van der Waals surface area contributed by atoms with Gasteiger partial charge in [0, 0.05) is 19.9 Å². The maximum absolute atomic E-state index is 11.5. The van der Waals surface area contributed by atoms with E-state index in [1.807, 2.05) is 19.9 Å². The number of aryl methyl sites for hydroxylation is 1. The van der Waals surface area contributed by atoms with Gasteiger partial charge in [-0.15, -0.1) is 0 Å². The monoisotopic (exact) mass is 267 g/mol. The van der Waals surface area contributed by atoms with Crippen molar-refractivity contribution in [2.75, 3.05) is 26.6 Å². The van der Waals surface area contributed by atoms with Crippen LogP contribution in [-0.4, -0.2) is 39.6 Å². The largest absolute Gasteiger partial charge is 0.465 e. The van der Waals surface area contributed by atoms with Crippen molar-refractivity contribution in [3.05, 3.63) is 29.3 Å². The van der Waals surface area contributed by atoms with Crippen LogP contribution in [0.15, 0.2) is 18.2 Å². The number of carbonyl (C=O) groups excluding carboxylic acids is 1. The minimum Gasteiger partial charge on any atom is -0.465 e. The first-order chi connectivity index (χ1) is 9.03. The summed E-state index contributed by atoms with van der Waals surface area (Å²) >= 11 is 0. The van der Waals surface area contributed by atoms with Gasteiger partial charge in [-0.05, 0) is 31.5 Å². The summed E-state index contributed by atoms with van der Waals surface area (Å²) in [6.45, 7) is 3.91. The topological polar surface area (TPSA) is 56.8 Å². The van der Waals surface area contributed by atoms with Gasteiger partial charge in [-0.25, -0.2) is 4.79 Å².